The number of para-hydroxylation sites is 1. The van der Waals surface area contributed by atoms with E-state index in [0.29, 0.717) is 22.2 Å². The van der Waals surface area contributed by atoms with E-state index in [1.165, 1.54) is 0 Å². The molecule has 0 bridgehead atoms. The number of nitrogens with one attached hydrogen (secondary N) is 1. The molecule has 0 aliphatic rings. The van der Waals surface area contributed by atoms with Crippen LogP contribution in [0.25, 0.3) is 22.2 Å². The van der Waals surface area contributed by atoms with Crippen molar-refractivity contribution in [1.82, 2.24) is 4.57 Å². The zero-order valence-electron chi connectivity index (χ0n) is 20.1. The van der Waals surface area contributed by atoms with E-state index in [9.17, 15) is 9.59 Å². The number of fused-ring (bicyclic) bond motifs is 1. The van der Waals surface area contributed by atoms with Gasteiger partial charge >= 0.3 is 6.09 Å². The molecular weight excluding hydrogens is 464 g/mol. The number of benzene rings is 3. The lowest BCUT2D eigenvalue weighted by Crippen LogP contribution is -2.27. The molecule has 3 aromatic carbocycles. The molecule has 0 atom stereocenters. The highest BCUT2D eigenvalue weighted by atomic mass is 35.5. The van der Waals surface area contributed by atoms with E-state index in [4.69, 9.17) is 21.1 Å². The predicted octanol–water partition coefficient (Wildman–Crippen LogP) is 7.07. The number of carbonyl (C=O) groups excluding carboxylic acids is 2. The molecule has 0 saturated carbocycles. The second-order valence-electron chi connectivity index (χ2n) is 9.23. The van der Waals surface area contributed by atoms with Crippen molar-refractivity contribution in [2.24, 2.45) is 0 Å². The number of rotatable bonds is 5. The van der Waals surface area contributed by atoms with Crippen LogP contribution in [0, 0.1) is 6.92 Å². The summed E-state index contributed by atoms with van der Waals surface area (Å²) in [6, 6.07) is 22.1. The highest BCUT2D eigenvalue weighted by Crippen LogP contribution is 2.30. The van der Waals surface area contributed by atoms with Gasteiger partial charge in [0, 0.05) is 16.1 Å². The van der Waals surface area contributed by atoms with Crippen LogP contribution >= 0.6 is 11.6 Å². The van der Waals surface area contributed by atoms with Crippen molar-refractivity contribution < 1.29 is 19.1 Å². The van der Waals surface area contributed by atoms with E-state index in [1.807, 2.05) is 70.2 Å². The molecular formula is C28H27ClN2O4. The molecule has 0 aliphatic heterocycles. The third-order valence-electron chi connectivity index (χ3n) is 5.25. The van der Waals surface area contributed by atoms with Crippen LogP contribution in [-0.2, 0) is 9.53 Å². The molecule has 6 nitrogen and oxygen atoms in total. The van der Waals surface area contributed by atoms with Gasteiger partial charge in [0.25, 0.3) is 5.91 Å². The van der Waals surface area contributed by atoms with E-state index in [0.717, 1.165) is 22.0 Å². The summed E-state index contributed by atoms with van der Waals surface area (Å²) in [6.45, 7) is 7.25. The lowest BCUT2D eigenvalue weighted by Gasteiger charge is -2.21. The highest BCUT2D eigenvalue weighted by Gasteiger charge is 2.22. The van der Waals surface area contributed by atoms with Gasteiger partial charge < -0.3 is 14.8 Å². The summed E-state index contributed by atoms with van der Waals surface area (Å²) >= 11 is 6.03. The third kappa shape index (κ3) is 5.84. The molecule has 4 aromatic rings. The number of aryl methyl sites for hydroxylation is 1. The van der Waals surface area contributed by atoms with Crippen LogP contribution in [0.2, 0.25) is 5.02 Å². The number of hydrogen-bond donors (Lipinski definition) is 1. The van der Waals surface area contributed by atoms with Gasteiger partial charge in [0.05, 0.1) is 11.2 Å². The Balaban J connectivity index is 1.50. The van der Waals surface area contributed by atoms with Crippen LogP contribution < -0.4 is 10.1 Å². The average Bonchev–Trinajstić information content (AvgIpc) is 3.19. The fraction of sp³-hybridized carbons (Fsp3) is 0.214. The first-order chi connectivity index (χ1) is 16.6. The average molecular weight is 491 g/mol. The number of carbonyl (C=O) groups is 2. The summed E-state index contributed by atoms with van der Waals surface area (Å²) in [5, 5.41) is 4.37. The van der Waals surface area contributed by atoms with Gasteiger partial charge in [0.15, 0.2) is 6.61 Å². The molecule has 0 spiro atoms. The minimum atomic E-state index is -0.622. The molecule has 0 unspecified atom stereocenters. The van der Waals surface area contributed by atoms with Crippen LogP contribution in [0.1, 0.15) is 26.3 Å². The zero-order chi connectivity index (χ0) is 25.2. The quantitative estimate of drug-likeness (QED) is 0.325. The van der Waals surface area contributed by atoms with E-state index >= 15 is 0 Å². The maximum Gasteiger partial charge on any atom is 0.419 e. The van der Waals surface area contributed by atoms with Gasteiger partial charge in [0.2, 0.25) is 0 Å². The minimum Gasteiger partial charge on any atom is -0.484 e. The number of aromatic nitrogens is 1. The van der Waals surface area contributed by atoms with Gasteiger partial charge in [-0.1, -0.05) is 29.8 Å². The van der Waals surface area contributed by atoms with Gasteiger partial charge in [-0.2, -0.15) is 0 Å². The maximum absolute atomic E-state index is 13.0. The SMILES string of the molecule is Cc1cc(NC(=O)COc2ccc(-c3cc4ccccc4n3C(=O)OC(C)(C)C)cc2)ccc1Cl. The van der Waals surface area contributed by atoms with Crippen molar-refractivity contribution in [3.63, 3.8) is 0 Å². The van der Waals surface area contributed by atoms with Gasteiger partial charge in [-0.15, -0.1) is 0 Å². The van der Waals surface area contributed by atoms with Crippen molar-refractivity contribution in [1.29, 1.82) is 0 Å². The summed E-state index contributed by atoms with van der Waals surface area (Å²) in [6.07, 6.45) is -0.442. The Kier molecular flexibility index (Phi) is 6.85. The summed E-state index contributed by atoms with van der Waals surface area (Å²) < 4.78 is 12.9. The van der Waals surface area contributed by atoms with Crippen LogP contribution in [0.4, 0.5) is 10.5 Å². The van der Waals surface area contributed by atoms with Gasteiger partial charge in [-0.3, -0.25) is 4.79 Å². The predicted molar refractivity (Wildman–Crippen MR) is 139 cm³/mol. The first kappa shape index (κ1) is 24.4. The molecule has 4 rings (SSSR count). The van der Waals surface area contributed by atoms with Crippen molar-refractivity contribution in [3.05, 3.63) is 83.4 Å². The van der Waals surface area contributed by atoms with E-state index in [1.54, 1.807) is 34.9 Å². The minimum absolute atomic E-state index is 0.140. The van der Waals surface area contributed by atoms with Crippen molar-refractivity contribution in [2.45, 2.75) is 33.3 Å². The first-order valence-electron chi connectivity index (χ1n) is 11.2. The monoisotopic (exact) mass is 490 g/mol. The molecule has 0 aliphatic carbocycles. The normalized spacial score (nSPS) is 11.3. The van der Waals surface area contributed by atoms with Crippen molar-refractivity contribution in [3.8, 4) is 17.0 Å². The molecule has 1 heterocycles. The topological polar surface area (TPSA) is 69.6 Å². The maximum atomic E-state index is 13.0. The Morgan fingerprint density at radius 1 is 0.971 bits per heavy atom. The molecule has 1 N–H and O–H groups in total. The molecule has 1 aromatic heterocycles. The number of nitrogens with zero attached hydrogens (tertiary/aromatic N) is 1. The Hall–Kier alpha value is -3.77. The first-order valence-corrected chi connectivity index (χ1v) is 11.6. The molecule has 35 heavy (non-hydrogen) atoms. The van der Waals surface area contributed by atoms with Crippen molar-refractivity contribution in [2.75, 3.05) is 11.9 Å². The molecule has 180 valence electrons. The Morgan fingerprint density at radius 3 is 2.37 bits per heavy atom. The fourth-order valence-electron chi connectivity index (χ4n) is 3.66. The number of halogens is 1. The van der Waals surface area contributed by atoms with Gasteiger partial charge in [-0.25, -0.2) is 9.36 Å². The van der Waals surface area contributed by atoms with Crippen LogP contribution in [-0.4, -0.2) is 28.8 Å². The second kappa shape index (κ2) is 9.84. The number of hydrogen-bond acceptors (Lipinski definition) is 4. The van der Waals surface area contributed by atoms with E-state index in [-0.39, 0.29) is 12.5 Å². The van der Waals surface area contributed by atoms with Crippen molar-refractivity contribution >= 4 is 40.2 Å². The lowest BCUT2D eigenvalue weighted by atomic mass is 10.1. The summed E-state index contributed by atoms with van der Waals surface area (Å²) in [7, 11) is 0. The standard InChI is InChI=1S/C28H27ClN2O4/c1-18-15-21(11-14-23(18)29)30-26(32)17-34-22-12-9-19(10-13-22)25-16-20-7-5-6-8-24(20)31(25)27(33)35-28(2,3)4/h5-16H,17H2,1-4H3,(H,30,32). The fourth-order valence-corrected chi connectivity index (χ4v) is 3.78. The summed E-state index contributed by atoms with van der Waals surface area (Å²) in [5.74, 6) is 0.261. The lowest BCUT2D eigenvalue weighted by molar-refractivity contribution is -0.118. The molecule has 7 heteroatoms. The van der Waals surface area contributed by atoms with E-state index < -0.39 is 11.7 Å². The highest BCUT2D eigenvalue weighted by molar-refractivity contribution is 6.31. The number of ether oxygens (including phenoxy) is 2. The smallest absolute Gasteiger partial charge is 0.419 e. The van der Waals surface area contributed by atoms with Crippen LogP contribution in [0.15, 0.2) is 72.8 Å². The Morgan fingerprint density at radius 2 is 1.69 bits per heavy atom. The van der Waals surface area contributed by atoms with Crippen LogP contribution in [0.5, 0.6) is 5.75 Å². The summed E-state index contributed by atoms with van der Waals surface area (Å²) in [4.78, 5) is 25.3. The second-order valence-corrected chi connectivity index (χ2v) is 9.64. The third-order valence-corrected chi connectivity index (χ3v) is 5.67. The molecule has 0 saturated heterocycles. The number of amides is 1. The molecule has 0 fully saturated rings. The van der Waals surface area contributed by atoms with E-state index in [2.05, 4.69) is 5.32 Å². The Bertz CT molecular complexity index is 1380. The Labute approximate surface area is 209 Å². The molecule has 0 radical (unpaired) electrons. The number of anilines is 1. The summed E-state index contributed by atoms with van der Waals surface area (Å²) in [5.41, 5.74) is 3.22. The zero-order valence-corrected chi connectivity index (χ0v) is 20.8. The molecule has 1 amide bonds. The van der Waals surface area contributed by atoms with Crippen LogP contribution in [0.3, 0.4) is 0 Å². The van der Waals surface area contributed by atoms with Gasteiger partial charge in [0.1, 0.15) is 11.4 Å². The van der Waals surface area contributed by atoms with Gasteiger partial charge in [-0.05, 0) is 93.4 Å². The largest absolute Gasteiger partial charge is 0.484 e.